The first-order chi connectivity index (χ1) is 14.2. The first-order valence-electron chi connectivity index (χ1n) is 9.39. The Balaban J connectivity index is 1.39. The van der Waals surface area contributed by atoms with Crippen molar-refractivity contribution in [2.45, 2.75) is 19.6 Å². The number of fused-ring (bicyclic) bond motifs is 3. The SMILES string of the molecule is O=c1cc(OCc2ccc(Cl)cn2)ccn1-c1ccc2c3c(sc2c1)CCNC3. The van der Waals surface area contributed by atoms with Crippen molar-refractivity contribution in [3.8, 4) is 11.4 Å². The minimum Gasteiger partial charge on any atom is -0.487 e. The molecule has 1 aromatic carbocycles. The van der Waals surface area contributed by atoms with Crippen molar-refractivity contribution in [3.05, 3.63) is 86.4 Å². The van der Waals surface area contributed by atoms with Crippen LogP contribution in [0.4, 0.5) is 0 Å². The zero-order valence-corrected chi connectivity index (χ0v) is 17.1. The Hall–Kier alpha value is -2.67. The zero-order chi connectivity index (χ0) is 19.8. The smallest absolute Gasteiger partial charge is 0.258 e. The van der Waals surface area contributed by atoms with Crippen LogP contribution in [-0.4, -0.2) is 16.1 Å². The van der Waals surface area contributed by atoms with Gasteiger partial charge in [0.25, 0.3) is 5.56 Å². The maximum absolute atomic E-state index is 12.7. The number of halogens is 1. The number of nitrogens with zero attached hydrogens (tertiary/aromatic N) is 2. The van der Waals surface area contributed by atoms with Gasteiger partial charge >= 0.3 is 0 Å². The van der Waals surface area contributed by atoms with Gasteiger partial charge in [0.1, 0.15) is 12.4 Å². The van der Waals surface area contributed by atoms with Crippen LogP contribution in [0, 0.1) is 0 Å². The Morgan fingerprint density at radius 1 is 1.21 bits per heavy atom. The van der Waals surface area contributed by atoms with Crippen LogP contribution in [0.15, 0.2) is 59.7 Å². The van der Waals surface area contributed by atoms with Crippen molar-refractivity contribution >= 4 is 33.0 Å². The molecular formula is C22H18ClN3O2S. The first kappa shape index (κ1) is 18.4. The molecule has 0 aliphatic carbocycles. The van der Waals surface area contributed by atoms with E-state index >= 15 is 0 Å². The van der Waals surface area contributed by atoms with E-state index in [4.69, 9.17) is 16.3 Å². The molecule has 3 aromatic heterocycles. The van der Waals surface area contributed by atoms with Crippen molar-refractivity contribution in [1.29, 1.82) is 0 Å². The quantitative estimate of drug-likeness (QED) is 0.531. The second-order valence-electron chi connectivity index (χ2n) is 6.94. The average molecular weight is 424 g/mol. The van der Waals surface area contributed by atoms with Crippen LogP contribution in [0.2, 0.25) is 5.02 Å². The van der Waals surface area contributed by atoms with Crippen LogP contribution in [0.3, 0.4) is 0 Å². The van der Waals surface area contributed by atoms with Gasteiger partial charge < -0.3 is 10.1 Å². The summed E-state index contributed by atoms with van der Waals surface area (Å²) >= 11 is 7.67. The fraction of sp³-hybridized carbons (Fsp3) is 0.182. The van der Waals surface area contributed by atoms with Crippen LogP contribution in [0.1, 0.15) is 16.1 Å². The lowest BCUT2D eigenvalue weighted by atomic mass is 10.1. The van der Waals surface area contributed by atoms with Gasteiger partial charge in [0.15, 0.2) is 0 Å². The molecule has 29 heavy (non-hydrogen) atoms. The third-order valence-corrected chi connectivity index (χ3v) is 6.51. The molecule has 0 bridgehead atoms. The van der Waals surface area contributed by atoms with Gasteiger partial charge in [-0.3, -0.25) is 14.3 Å². The minimum atomic E-state index is -0.131. The van der Waals surface area contributed by atoms with Crippen LogP contribution in [0.25, 0.3) is 15.8 Å². The van der Waals surface area contributed by atoms with Crippen molar-refractivity contribution < 1.29 is 4.74 Å². The molecule has 146 valence electrons. The summed E-state index contributed by atoms with van der Waals surface area (Å²) in [5.74, 6) is 0.516. The molecule has 0 unspecified atom stereocenters. The van der Waals surface area contributed by atoms with Crippen molar-refractivity contribution in [2.24, 2.45) is 0 Å². The maximum atomic E-state index is 12.7. The number of ether oxygens (including phenoxy) is 1. The highest BCUT2D eigenvalue weighted by Gasteiger charge is 2.16. The van der Waals surface area contributed by atoms with Crippen LogP contribution in [-0.2, 0) is 19.6 Å². The third kappa shape index (κ3) is 3.67. The number of nitrogens with one attached hydrogen (secondary N) is 1. The number of pyridine rings is 2. The predicted molar refractivity (Wildman–Crippen MR) is 116 cm³/mol. The lowest BCUT2D eigenvalue weighted by Gasteiger charge is -2.12. The molecule has 5 rings (SSSR count). The second kappa shape index (κ2) is 7.63. The Bertz CT molecular complexity index is 1250. The fourth-order valence-electron chi connectivity index (χ4n) is 3.56. The Labute approximate surface area is 176 Å². The lowest BCUT2D eigenvalue weighted by molar-refractivity contribution is 0.300. The molecule has 4 aromatic rings. The predicted octanol–water partition coefficient (Wildman–Crippen LogP) is 4.33. The molecule has 4 heterocycles. The van der Waals surface area contributed by atoms with Gasteiger partial charge in [0.05, 0.1) is 16.4 Å². The number of hydrogen-bond donors (Lipinski definition) is 1. The van der Waals surface area contributed by atoms with Crippen LogP contribution < -0.4 is 15.6 Å². The number of hydrogen-bond acceptors (Lipinski definition) is 5. The normalized spacial score (nSPS) is 13.4. The van der Waals surface area contributed by atoms with Gasteiger partial charge in [-0.05, 0) is 47.7 Å². The van der Waals surface area contributed by atoms with Gasteiger partial charge in [-0.2, -0.15) is 0 Å². The number of benzene rings is 1. The number of rotatable bonds is 4. The summed E-state index contributed by atoms with van der Waals surface area (Å²) in [6.07, 6.45) is 4.40. The Kier molecular flexibility index (Phi) is 4.83. The molecule has 0 spiro atoms. The average Bonchev–Trinajstić information content (AvgIpc) is 3.11. The Morgan fingerprint density at radius 2 is 2.14 bits per heavy atom. The van der Waals surface area contributed by atoms with Gasteiger partial charge in [-0.15, -0.1) is 11.3 Å². The van der Waals surface area contributed by atoms with E-state index in [2.05, 4.69) is 22.4 Å². The summed E-state index contributed by atoms with van der Waals surface area (Å²) in [4.78, 5) is 18.3. The van der Waals surface area contributed by atoms with Gasteiger partial charge in [-0.25, -0.2) is 0 Å². The summed E-state index contributed by atoms with van der Waals surface area (Å²) in [5.41, 5.74) is 2.88. The molecule has 1 N–H and O–H groups in total. The first-order valence-corrected chi connectivity index (χ1v) is 10.6. The third-order valence-electron chi connectivity index (χ3n) is 5.04. The molecule has 0 amide bonds. The maximum Gasteiger partial charge on any atom is 0.258 e. The van der Waals surface area contributed by atoms with Gasteiger partial charge in [-0.1, -0.05) is 17.7 Å². The van der Waals surface area contributed by atoms with Crippen molar-refractivity contribution in [2.75, 3.05) is 6.54 Å². The molecular weight excluding hydrogens is 406 g/mol. The molecule has 0 saturated carbocycles. The van der Waals surface area contributed by atoms with E-state index in [0.717, 1.165) is 30.9 Å². The summed E-state index contributed by atoms with van der Waals surface area (Å²) in [6.45, 7) is 2.23. The molecule has 1 aliphatic heterocycles. The molecule has 7 heteroatoms. The molecule has 1 aliphatic rings. The van der Waals surface area contributed by atoms with Crippen molar-refractivity contribution in [1.82, 2.24) is 14.9 Å². The standard InChI is InChI=1S/C22H18ClN3O2S/c23-14-1-2-15(25-11-14)13-28-17-6-8-26(22(27)10-17)16-3-4-18-19-12-24-7-5-20(19)29-21(18)9-16/h1-4,6,8-11,24H,5,7,12-13H2. The summed E-state index contributed by atoms with van der Waals surface area (Å²) in [5, 5.41) is 5.30. The second-order valence-corrected chi connectivity index (χ2v) is 8.51. The monoisotopic (exact) mass is 423 g/mol. The molecule has 0 saturated heterocycles. The van der Waals surface area contributed by atoms with E-state index in [9.17, 15) is 4.79 Å². The highest BCUT2D eigenvalue weighted by atomic mass is 35.5. The molecule has 5 nitrogen and oxygen atoms in total. The van der Waals surface area contributed by atoms with E-state index in [1.54, 1.807) is 35.2 Å². The summed E-state index contributed by atoms with van der Waals surface area (Å²) in [6, 6.07) is 13.1. The topological polar surface area (TPSA) is 56.1 Å². The largest absolute Gasteiger partial charge is 0.487 e. The van der Waals surface area contributed by atoms with Crippen LogP contribution in [0.5, 0.6) is 5.75 Å². The highest BCUT2D eigenvalue weighted by Crippen LogP contribution is 2.34. The van der Waals surface area contributed by atoms with E-state index in [-0.39, 0.29) is 12.2 Å². The van der Waals surface area contributed by atoms with Gasteiger partial charge in [0, 0.05) is 41.1 Å². The molecule has 0 atom stereocenters. The summed E-state index contributed by atoms with van der Waals surface area (Å²) < 4.78 is 8.57. The van der Waals surface area contributed by atoms with E-state index in [0.29, 0.717) is 10.8 Å². The van der Waals surface area contributed by atoms with E-state index < -0.39 is 0 Å². The number of aromatic nitrogens is 2. The highest BCUT2D eigenvalue weighted by molar-refractivity contribution is 7.19. The van der Waals surface area contributed by atoms with Gasteiger partial charge in [0.2, 0.25) is 0 Å². The zero-order valence-electron chi connectivity index (χ0n) is 15.5. The lowest BCUT2D eigenvalue weighted by Crippen LogP contribution is -2.22. The number of thiophene rings is 1. The minimum absolute atomic E-state index is 0.131. The van der Waals surface area contributed by atoms with E-state index in [1.807, 2.05) is 17.4 Å². The van der Waals surface area contributed by atoms with Crippen molar-refractivity contribution in [3.63, 3.8) is 0 Å². The Morgan fingerprint density at radius 3 is 2.97 bits per heavy atom. The van der Waals surface area contributed by atoms with Crippen LogP contribution >= 0.6 is 22.9 Å². The molecule has 0 radical (unpaired) electrons. The van der Waals surface area contributed by atoms with E-state index in [1.165, 1.54) is 26.6 Å². The summed E-state index contributed by atoms with van der Waals surface area (Å²) in [7, 11) is 0. The molecule has 0 fully saturated rings. The fourth-order valence-corrected chi connectivity index (χ4v) is 4.93.